The second-order valence-electron chi connectivity index (χ2n) is 4.50. The average molecular weight is 351 g/mol. The van der Waals surface area contributed by atoms with E-state index in [1.807, 2.05) is 6.92 Å². The molecular weight excluding hydrogens is 335 g/mol. The van der Waals surface area contributed by atoms with E-state index in [0.29, 0.717) is 19.6 Å². The van der Waals surface area contributed by atoms with Gasteiger partial charge in [-0.15, -0.1) is 0 Å². The van der Waals surface area contributed by atoms with Crippen LogP contribution in [-0.2, 0) is 10.0 Å². The summed E-state index contributed by atoms with van der Waals surface area (Å²) in [4.78, 5) is 0.00792. The molecule has 1 aliphatic heterocycles. The summed E-state index contributed by atoms with van der Waals surface area (Å²) in [6.07, 6.45) is 0.731. The molecule has 2 rings (SSSR count). The number of nitrogens with zero attached hydrogens (tertiary/aromatic N) is 1. The lowest BCUT2D eigenvalue weighted by atomic mass is 10.2. The Morgan fingerprint density at radius 1 is 1.47 bits per heavy atom. The summed E-state index contributed by atoms with van der Waals surface area (Å²) in [7, 11) is -3.63. The zero-order chi connectivity index (χ0) is 14.0. The molecule has 0 atom stereocenters. The number of hydrogen-bond donors (Lipinski definition) is 1. The van der Waals surface area contributed by atoms with Crippen molar-refractivity contribution in [2.75, 3.05) is 19.6 Å². The monoisotopic (exact) mass is 350 g/mol. The van der Waals surface area contributed by atoms with Gasteiger partial charge in [0, 0.05) is 19.6 Å². The van der Waals surface area contributed by atoms with Gasteiger partial charge in [0.15, 0.2) is 0 Å². The van der Waals surface area contributed by atoms with E-state index in [0.717, 1.165) is 12.5 Å². The first-order valence-corrected chi connectivity index (χ1v) is 8.37. The Morgan fingerprint density at radius 3 is 2.63 bits per heavy atom. The Balaban J connectivity index is 2.35. The highest BCUT2D eigenvalue weighted by atomic mass is 79.9. The minimum Gasteiger partial charge on any atom is -0.313 e. The van der Waals surface area contributed by atoms with E-state index < -0.39 is 15.8 Å². The van der Waals surface area contributed by atoms with Crippen molar-refractivity contribution < 1.29 is 12.8 Å². The van der Waals surface area contributed by atoms with E-state index in [1.165, 1.54) is 16.4 Å². The van der Waals surface area contributed by atoms with Gasteiger partial charge in [-0.25, -0.2) is 12.8 Å². The third-order valence-corrected chi connectivity index (χ3v) is 5.70. The summed E-state index contributed by atoms with van der Waals surface area (Å²) in [5, 5.41) is 3.06. The third kappa shape index (κ3) is 2.99. The average Bonchev–Trinajstić information content (AvgIpc) is 2.29. The fourth-order valence-corrected chi connectivity index (χ4v) is 3.94. The first-order valence-electron chi connectivity index (χ1n) is 6.14. The van der Waals surface area contributed by atoms with Crippen LogP contribution in [-0.4, -0.2) is 38.4 Å². The smallest absolute Gasteiger partial charge is 0.243 e. The molecule has 0 aliphatic carbocycles. The molecule has 1 aromatic carbocycles. The van der Waals surface area contributed by atoms with Crippen LogP contribution >= 0.6 is 15.9 Å². The van der Waals surface area contributed by atoms with E-state index in [2.05, 4.69) is 21.2 Å². The topological polar surface area (TPSA) is 49.4 Å². The van der Waals surface area contributed by atoms with Crippen LogP contribution < -0.4 is 5.32 Å². The largest absolute Gasteiger partial charge is 0.313 e. The standard InChI is InChI=1S/C12H16BrFN2O2S/c1-2-5-16(9-7-15-8-9)19(17,18)10-3-4-11(13)12(14)6-10/h3-4,6,9,15H,2,5,7-8H2,1H3. The third-order valence-electron chi connectivity index (χ3n) is 3.11. The van der Waals surface area contributed by atoms with Gasteiger partial charge in [-0.3, -0.25) is 0 Å². The maximum absolute atomic E-state index is 13.5. The molecule has 0 aromatic heterocycles. The molecule has 106 valence electrons. The predicted octanol–water partition coefficient (Wildman–Crippen LogP) is 1.96. The minimum atomic E-state index is -3.63. The number of halogens is 2. The summed E-state index contributed by atoms with van der Waals surface area (Å²) in [5.74, 6) is -0.566. The van der Waals surface area contributed by atoms with Crippen molar-refractivity contribution in [3.63, 3.8) is 0 Å². The Kier molecular flexibility index (Phi) is 4.60. The van der Waals surface area contributed by atoms with Crippen LogP contribution in [0.3, 0.4) is 0 Å². The molecule has 0 bridgehead atoms. The normalized spacial score (nSPS) is 16.6. The van der Waals surface area contributed by atoms with Crippen molar-refractivity contribution >= 4 is 26.0 Å². The molecule has 0 radical (unpaired) electrons. The summed E-state index contributed by atoms with van der Waals surface area (Å²) in [5.41, 5.74) is 0. The minimum absolute atomic E-state index is 0.00792. The van der Waals surface area contributed by atoms with Gasteiger partial charge >= 0.3 is 0 Å². The number of sulfonamides is 1. The van der Waals surface area contributed by atoms with Gasteiger partial charge in [0.1, 0.15) is 5.82 Å². The first kappa shape index (κ1) is 14.9. The molecule has 0 unspecified atom stereocenters. The molecule has 1 fully saturated rings. The van der Waals surface area contributed by atoms with E-state index in [4.69, 9.17) is 0 Å². The molecule has 1 saturated heterocycles. The lowest BCUT2D eigenvalue weighted by Gasteiger charge is -2.37. The fourth-order valence-electron chi connectivity index (χ4n) is 1.97. The molecule has 1 aliphatic rings. The molecule has 1 heterocycles. The van der Waals surface area contributed by atoms with Crippen LogP contribution in [0.4, 0.5) is 4.39 Å². The van der Waals surface area contributed by atoms with E-state index in [1.54, 1.807) is 0 Å². The molecule has 7 heteroatoms. The number of rotatable bonds is 5. The molecule has 0 amide bonds. The van der Waals surface area contributed by atoms with Gasteiger partial charge in [-0.05, 0) is 40.5 Å². The van der Waals surface area contributed by atoms with E-state index in [9.17, 15) is 12.8 Å². The zero-order valence-electron chi connectivity index (χ0n) is 10.6. The highest BCUT2D eigenvalue weighted by molar-refractivity contribution is 9.10. The number of nitrogens with one attached hydrogen (secondary N) is 1. The molecule has 1 aromatic rings. The quantitative estimate of drug-likeness (QED) is 0.882. The van der Waals surface area contributed by atoms with Crippen LogP contribution in [0.2, 0.25) is 0 Å². The summed E-state index contributed by atoms with van der Waals surface area (Å²) >= 11 is 3.02. The Bertz CT molecular complexity index is 561. The van der Waals surface area contributed by atoms with Crippen LogP contribution in [0.5, 0.6) is 0 Å². The second-order valence-corrected chi connectivity index (χ2v) is 7.25. The Labute approximate surface area is 121 Å². The molecule has 0 saturated carbocycles. The SMILES string of the molecule is CCCN(C1CNC1)S(=O)(=O)c1ccc(Br)c(F)c1. The summed E-state index contributed by atoms with van der Waals surface area (Å²) in [6, 6.07) is 3.88. The number of benzene rings is 1. The fraction of sp³-hybridized carbons (Fsp3) is 0.500. The lowest BCUT2D eigenvalue weighted by Crippen LogP contribution is -2.58. The van der Waals surface area contributed by atoms with Crippen LogP contribution in [0.15, 0.2) is 27.6 Å². The van der Waals surface area contributed by atoms with Gasteiger partial charge < -0.3 is 5.32 Å². The maximum atomic E-state index is 13.5. The van der Waals surface area contributed by atoms with Crippen molar-refractivity contribution in [1.29, 1.82) is 0 Å². The van der Waals surface area contributed by atoms with Gasteiger partial charge in [-0.2, -0.15) is 4.31 Å². The Morgan fingerprint density at radius 2 is 2.16 bits per heavy atom. The first-order chi connectivity index (χ1) is 8.96. The molecule has 1 N–H and O–H groups in total. The van der Waals surface area contributed by atoms with Crippen molar-refractivity contribution in [2.24, 2.45) is 0 Å². The van der Waals surface area contributed by atoms with Crippen molar-refractivity contribution in [3.8, 4) is 0 Å². The zero-order valence-corrected chi connectivity index (χ0v) is 13.0. The van der Waals surface area contributed by atoms with Crippen LogP contribution in [0, 0.1) is 5.82 Å². The van der Waals surface area contributed by atoms with Crippen molar-refractivity contribution in [3.05, 3.63) is 28.5 Å². The van der Waals surface area contributed by atoms with Crippen LogP contribution in [0.25, 0.3) is 0 Å². The second kappa shape index (κ2) is 5.87. The molecular formula is C12H16BrFN2O2S. The lowest BCUT2D eigenvalue weighted by molar-refractivity contribution is 0.242. The summed E-state index contributed by atoms with van der Waals surface area (Å²) in [6.45, 7) is 3.68. The maximum Gasteiger partial charge on any atom is 0.243 e. The van der Waals surface area contributed by atoms with E-state index >= 15 is 0 Å². The van der Waals surface area contributed by atoms with Crippen molar-refractivity contribution in [1.82, 2.24) is 9.62 Å². The van der Waals surface area contributed by atoms with Gasteiger partial charge in [0.2, 0.25) is 10.0 Å². The van der Waals surface area contributed by atoms with Gasteiger partial charge in [-0.1, -0.05) is 6.92 Å². The van der Waals surface area contributed by atoms with Crippen LogP contribution in [0.1, 0.15) is 13.3 Å². The highest BCUT2D eigenvalue weighted by Gasteiger charge is 2.34. The predicted molar refractivity (Wildman–Crippen MR) is 74.9 cm³/mol. The molecule has 19 heavy (non-hydrogen) atoms. The molecule has 4 nitrogen and oxygen atoms in total. The Hall–Kier alpha value is -0.500. The van der Waals surface area contributed by atoms with Crippen molar-refractivity contribution in [2.45, 2.75) is 24.3 Å². The number of hydrogen-bond acceptors (Lipinski definition) is 3. The van der Waals surface area contributed by atoms with E-state index in [-0.39, 0.29) is 15.4 Å². The molecule has 0 spiro atoms. The van der Waals surface area contributed by atoms with Gasteiger partial charge in [0.25, 0.3) is 0 Å². The summed E-state index contributed by atoms with van der Waals surface area (Å²) < 4.78 is 40.3. The highest BCUT2D eigenvalue weighted by Crippen LogP contribution is 2.24. The van der Waals surface area contributed by atoms with Gasteiger partial charge in [0.05, 0.1) is 15.4 Å².